The molecule has 1 aliphatic rings. The van der Waals surface area contributed by atoms with Gasteiger partial charge in [0.1, 0.15) is 0 Å². The highest BCUT2D eigenvalue weighted by Crippen LogP contribution is 2.16. The lowest BCUT2D eigenvalue weighted by atomic mass is 10.1. The van der Waals surface area contributed by atoms with E-state index in [1.807, 2.05) is 6.92 Å². The number of carbonyl (C=O) groups is 1. The van der Waals surface area contributed by atoms with Crippen LogP contribution in [0.4, 0.5) is 0 Å². The molecule has 0 radical (unpaired) electrons. The van der Waals surface area contributed by atoms with Crippen LogP contribution in [0.15, 0.2) is 0 Å². The van der Waals surface area contributed by atoms with E-state index in [0.717, 1.165) is 51.8 Å². The summed E-state index contributed by atoms with van der Waals surface area (Å²) < 4.78 is 5.80. The molecule has 0 spiro atoms. The molecule has 0 aromatic carbocycles. The summed E-state index contributed by atoms with van der Waals surface area (Å²) in [5.41, 5.74) is 5.47. The Hall–Kier alpha value is -0.650. The number of ether oxygens (including phenoxy) is 1. The molecule has 1 rings (SSSR count). The third kappa shape index (κ3) is 6.76. The molecule has 124 valence electrons. The summed E-state index contributed by atoms with van der Waals surface area (Å²) >= 11 is 0. The zero-order valence-corrected chi connectivity index (χ0v) is 13.9. The Bertz CT molecular complexity index is 291. The highest BCUT2D eigenvalue weighted by molar-refractivity contribution is 5.81. The Kier molecular flexibility index (Phi) is 8.88. The number of amides is 1. The fourth-order valence-electron chi connectivity index (χ4n) is 2.80. The van der Waals surface area contributed by atoms with Gasteiger partial charge in [0.25, 0.3) is 0 Å². The van der Waals surface area contributed by atoms with E-state index in [9.17, 15) is 4.79 Å². The van der Waals surface area contributed by atoms with Gasteiger partial charge in [0.05, 0.1) is 12.1 Å². The molecule has 0 aliphatic carbocycles. The van der Waals surface area contributed by atoms with Gasteiger partial charge >= 0.3 is 0 Å². The third-order valence-electron chi connectivity index (χ3n) is 4.22. The highest BCUT2D eigenvalue weighted by Gasteiger charge is 2.27. The van der Waals surface area contributed by atoms with Gasteiger partial charge in [0.15, 0.2) is 0 Å². The van der Waals surface area contributed by atoms with E-state index in [1.54, 1.807) is 0 Å². The van der Waals surface area contributed by atoms with Crippen molar-refractivity contribution >= 4 is 5.91 Å². The molecule has 5 heteroatoms. The summed E-state index contributed by atoms with van der Waals surface area (Å²) in [5, 5.41) is 3.11. The zero-order chi connectivity index (χ0) is 15.7. The number of hydrogen-bond donors (Lipinski definition) is 2. The molecule has 0 bridgehead atoms. The summed E-state index contributed by atoms with van der Waals surface area (Å²) in [7, 11) is 0. The van der Waals surface area contributed by atoms with E-state index in [2.05, 4.69) is 24.1 Å². The van der Waals surface area contributed by atoms with Crippen molar-refractivity contribution in [3.63, 3.8) is 0 Å². The van der Waals surface area contributed by atoms with Gasteiger partial charge in [-0.1, -0.05) is 13.3 Å². The predicted octanol–water partition coefficient (Wildman–Crippen LogP) is 1.51. The smallest absolute Gasteiger partial charge is 0.237 e. The second-order valence-electron chi connectivity index (χ2n) is 6.12. The minimum atomic E-state index is -0.0469. The molecule has 1 amide bonds. The quantitative estimate of drug-likeness (QED) is 0.633. The second kappa shape index (κ2) is 10.1. The number of likely N-dealkylation sites (tertiary alicyclic amines) is 1. The van der Waals surface area contributed by atoms with Crippen molar-refractivity contribution in [2.24, 2.45) is 5.73 Å². The maximum atomic E-state index is 12.2. The van der Waals surface area contributed by atoms with Crippen LogP contribution >= 0.6 is 0 Å². The van der Waals surface area contributed by atoms with Crippen molar-refractivity contribution in [1.82, 2.24) is 10.2 Å². The SMILES string of the molecule is CCCC(C)NC(=O)C(C)N1CCC(OCCCN)CC1. The standard InChI is InChI=1S/C16H33N3O2/c1-4-6-13(2)18-16(20)14(3)19-10-7-15(8-11-19)21-12-5-9-17/h13-15H,4-12,17H2,1-3H3,(H,18,20). The Balaban J connectivity index is 2.27. The van der Waals surface area contributed by atoms with Gasteiger partial charge < -0.3 is 15.8 Å². The number of nitrogens with one attached hydrogen (secondary N) is 1. The molecular formula is C16H33N3O2. The molecule has 5 nitrogen and oxygen atoms in total. The van der Waals surface area contributed by atoms with Gasteiger partial charge in [-0.25, -0.2) is 0 Å². The fourth-order valence-corrected chi connectivity index (χ4v) is 2.80. The number of piperidine rings is 1. The molecular weight excluding hydrogens is 266 g/mol. The van der Waals surface area contributed by atoms with E-state index >= 15 is 0 Å². The van der Waals surface area contributed by atoms with Crippen molar-refractivity contribution in [2.75, 3.05) is 26.2 Å². The summed E-state index contributed by atoms with van der Waals surface area (Å²) in [6.07, 6.45) is 5.41. The molecule has 1 heterocycles. The van der Waals surface area contributed by atoms with Gasteiger partial charge in [-0.2, -0.15) is 0 Å². The largest absolute Gasteiger partial charge is 0.378 e. The highest BCUT2D eigenvalue weighted by atomic mass is 16.5. The van der Waals surface area contributed by atoms with Crippen LogP contribution in [0.2, 0.25) is 0 Å². The Labute approximate surface area is 129 Å². The summed E-state index contributed by atoms with van der Waals surface area (Å²) in [4.78, 5) is 14.5. The van der Waals surface area contributed by atoms with Crippen LogP contribution < -0.4 is 11.1 Å². The van der Waals surface area contributed by atoms with Crippen molar-refractivity contribution in [3.05, 3.63) is 0 Å². The monoisotopic (exact) mass is 299 g/mol. The molecule has 2 atom stereocenters. The first-order valence-corrected chi connectivity index (χ1v) is 8.44. The predicted molar refractivity (Wildman–Crippen MR) is 86.2 cm³/mol. The Morgan fingerprint density at radius 3 is 2.62 bits per heavy atom. The number of rotatable bonds is 9. The normalized spacial score (nSPS) is 20.2. The minimum absolute atomic E-state index is 0.0469. The molecule has 1 fully saturated rings. The zero-order valence-electron chi connectivity index (χ0n) is 13.9. The number of nitrogens with zero attached hydrogens (tertiary/aromatic N) is 1. The number of nitrogens with two attached hydrogens (primary N) is 1. The average molecular weight is 299 g/mol. The molecule has 2 unspecified atom stereocenters. The summed E-state index contributed by atoms with van der Waals surface area (Å²) in [5.74, 6) is 0.151. The van der Waals surface area contributed by atoms with Crippen molar-refractivity contribution in [1.29, 1.82) is 0 Å². The number of carbonyl (C=O) groups excluding carboxylic acids is 1. The molecule has 1 aliphatic heterocycles. The first kappa shape index (κ1) is 18.4. The molecule has 3 N–H and O–H groups in total. The Morgan fingerprint density at radius 1 is 1.38 bits per heavy atom. The molecule has 0 saturated carbocycles. The Morgan fingerprint density at radius 2 is 2.05 bits per heavy atom. The van der Waals surface area contributed by atoms with Crippen molar-refractivity contribution in [3.8, 4) is 0 Å². The third-order valence-corrected chi connectivity index (χ3v) is 4.22. The van der Waals surface area contributed by atoms with Crippen LogP contribution in [0.5, 0.6) is 0 Å². The van der Waals surface area contributed by atoms with Gasteiger partial charge in [-0.05, 0) is 46.1 Å². The van der Waals surface area contributed by atoms with Gasteiger partial charge in [-0.15, -0.1) is 0 Å². The van der Waals surface area contributed by atoms with Gasteiger partial charge in [-0.3, -0.25) is 9.69 Å². The van der Waals surface area contributed by atoms with Gasteiger partial charge in [0, 0.05) is 25.7 Å². The lowest BCUT2D eigenvalue weighted by molar-refractivity contribution is -0.127. The van der Waals surface area contributed by atoms with Crippen LogP contribution in [0, 0.1) is 0 Å². The topological polar surface area (TPSA) is 67.6 Å². The van der Waals surface area contributed by atoms with E-state index < -0.39 is 0 Å². The lowest BCUT2D eigenvalue weighted by Gasteiger charge is -2.35. The van der Waals surface area contributed by atoms with E-state index in [0.29, 0.717) is 12.6 Å². The first-order chi connectivity index (χ1) is 10.1. The first-order valence-electron chi connectivity index (χ1n) is 8.44. The van der Waals surface area contributed by atoms with Crippen molar-refractivity contribution in [2.45, 2.75) is 71.1 Å². The van der Waals surface area contributed by atoms with Crippen LogP contribution in [-0.2, 0) is 9.53 Å². The molecule has 0 aromatic heterocycles. The summed E-state index contributed by atoms with van der Waals surface area (Å²) in [6, 6.07) is 0.219. The van der Waals surface area contributed by atoms with Crippen LogP contribution in [-0.4, -0.2) is 55.2 Å². The number of hydrogen-bond acceptors (Lipinski definition) is 4. The molecule has 21 heavy (non-hydrogen) atoms. The van der Waals surface area contributed by atoms with E-state index in [4.69, 9.17) is 10.5 Å². The minimum Gasteiger partial charge on any atom is -0.378 e. The molecule has 1 saturated heterocycles. The van der Waals surface area contributed by atoms with E-state index in [1.165, 1.54) is 0 Å². The fraction of sp³-hybridized carbons (Fsp3) is 0.938. The van der Waals surface area contributed by atoms with E-state index in [-0.39, 0.29) is 18.0 Å². The van der Waals surface area contributed by atoms with Crippen molar-refractivity contribution < 1.29 is 9.53 Å². The average Bonchev–Trinajstić information content (AvgIpc) is 2.47. The maximum Gasteiger partial charge on any atom is 0.237 e. The van der Waals surface area contributed by atoms with Crippen LogP contribution in [0.25, 0.3) is 0 Å². The molecule has 0 aromatic rings. The van der Waals surface area contributed by atoms with Crippen LogP contribution in [0.3, 0.4) is 0 Å². The lowest BCUT2D eigenvalue weighted by Crippen LogP contribution is -2.50. The summed E-state index contributed by atoms with van der Waals surface area (Å²) in [6.45, 7) is 9.53. The maximum absolute atomic E-state index is 12.2. The van der Waals surface area contributed by atoms with Crippen LogP contribution in [0.1, 0.15) is 52.9 Å². The second-order valence-corrected chi connectivity index (χ2v) is 6.12. The van der Waals surface area contributed by atoms with Gasteiger partial charge in [0.2, 0.25) is 5.91 Å².